The Balaban J connectivity index is 1.82. The Morgan fingerprint density at radius 1 is 1.00 bits per heavy atom. The molecule has 3 nitrogen and oxygen atoms in total. The fourth-order valence-corrected chi connectivity index (χ4v) is 2.39. The molecule has 1 unspecified atom stereocenters. The third kappa shape index (κ3) is 7.57. The summed E-state index contributed by atoms with van der Waals surface area (Å²) in [5.74, 6) is 0. The van der Waals surface area contributed by atoms with Gasteiger partial charge in [-0.1, -0.05) is 58.3 Å². The minimum atomic E-state index is -0.484. The molecule has 0 aromatic heterocycles. The van der Waals surface area contributed by atoms with Gasteiger partial charge in [0.2, 0.25) is 0 Å². The van der Waals surface area contributed by atoms with E-state index in [4.69, 9.17) is 9.47 Å². The number of ether oxygens (including phenoxy) is 2. The molecule has 1 rings (SSSR count). The van der Waals surface area contributed by atoms with Crippen molar-refractivity contribution in [3.05, 3.63) is 0 Å². The normalized spacial score (nSPS) is 19.4. The van der Waals surface area contributed by atoms with Gasteiger partial charge in [0.15, 0.2) is 0 Å². The van der Waals surface area contributed by atoms with E-state index in [0.29, 0.717) is 6.61 Å². The van der Waals surface area contributed by atoms with Gasteiger partial charge in [-0.05, 0) is 12.8 Å². The molecule has 0 bridgehead atoms. The number of cyclic esters (lactones) is 2. The van der Waals surface area contributed by atoms with Crippen molar-refractivity contribution in [3.63, 3.8) is 0 Å². The Kier molecular flexibility index (Phi) is 8.70. The maximum absolute atomic E-state index is 10.9. The molecule has 1 fully saturated rings. The smallest absolute Gasteiger partial charge is 0.434 e. The van der Waals surface area contributed by atoms with Crippen LogP contribution in [0.4, 0.5) is 4.79 Å². The Bertz CT molecular complexity index is 216. The maximum atomic E-state index is 10.9. The van der Waals surface area contributed by atoms with E-state index >= 15 is 0 Å². The topological polar surface area (TPSA) is 35.5 Å². The van der Waals surface area contributed by atoms with Crippen molar-refractivity contribution in [2.45, 2.75) is 83.7 Å². The van der Waals surface area contributed by atoms with Gasteiger partial charge in [0.05, 0.1) is 6.61 Å². The first-order valence-corrected chi connectivity index (χ1v) is 7.66. The molecule has 0 spiro atoms. The number of hydrogen-bond acceptors (Lipinski definition) is 3. The van der Waals surface area contributed by atoms with E-state index in [2.05, 4.69) is 6.92 Å². The summed E-state index contributed by atoms with van der Waals surface area (Å²) in [5.41, 5.74) is 0. The first-order chi connectivity index (χ1) is 8.83. The number of hydrogen-bond donors (Lipinski definition) is 0. The lowest BCUT2D eigenvalue weighted by atomic mass is 10.0. The highest BCUT2D eigenvalue weighted by atomic mass is 16.7. The van der Waals surface area contributed by atoms with Crippen molar-refractivity contribution in [2.75, 3.05) is 6.61 Å². The molecule has 1 atom stereocenters. The second-order valence-corrected chi connectivity index (χ2v) is 5.24. The van der Waals surface area contributed by atoms with Crippen LogP contribution in [0.3, 0.4) is 0 Å². The summed E-state index contributed by atoms with van der Waals surface area (Å²) in [6.07, 6.45) is 13.5. The average molecular weight is 256 g/mol. The highest BCUT2D eigenvalue weighted by Crippen LogP contribution is 2.16. The third-order valence-electron chi connectivity index (χ3n) is 3.55. The van der Waals surface area contributed by atoms with Gasteiger partial charge in [-0.3, -0.25) is 0 Å². The summed E-state index contributed by atoms with van der Waals surface area (Å²) in [6.45, 7) is 2.78. The van der Waals surface area contributed by atoms with Gasteiger partial charge < -0.3 is 9.47 Å². The van der Waals surface area contributed by atoms with Gasteiger partial charge in [-0.15, -0.1) is 0 Å². The Morgan fingerprint density at radius 3 is 2.22 bits per heavy atom. The van der Waals surface area contributed by atoms with Crippen molar-refractivity contribution in [1.82, 2.24) is 0 Å². The largest absolute Gasteiger partial charge is 0.508 e. The van der Waals surface area contributed by atoms with E-state index in [1.54, 1.807) is 0 Å². The molecule has 1 aliphatic rings. The molecule has 1 saturated heterocycles. The Morgan fingerprint density at radius 2 is 1.61 bits per heavy atom. The molecule has 1 aliphatic heterocycles. The lowest BCUT2D eigenvalue weighted by Crippen LogP contribution is -2.27. The number of carbonyl (C=O) groups excluding carboxylic acids is 1. The molecule has 0 aromatic carbocycles. The first kappa shape index (κ1) is 15.3. The maximum Gasteiger partial charge on any atom is 0.508 e. The zero-order valence-corrected chi connectivity index (χ0v) is 11.8. The van der Waals surface area contributed by atoms with Gasteiger partial charge in [0.1, 0.15) is 6.10 Å². The lowest BCUT2D eigenvalue weighted by molar-refractivity contribution is -0.0257. The summed E-state index contributed by atoms with van der Waals surface area (Å²) in [4.78, 5) is 10.9. The summed E-state index contributed by atoms with van der Waals surface area (Å²) in [7, 11) is 0. The highest BCUT2D eigenvalue weighted by molar-refractivity contribution is 5.60. The Hall–Kier alpha value is -0.730. The van der Waals surface area contributed by atoms with Crippen LogP contribution < -0.4 is 0 Å². The number of unbranched alkanes of at least 4 members (excludes halogenated alkanes) is 8. The quantitative estimate of drug-likeness (QED) is 0.414. The van der Waals surface area contributed by atoms with Gasteiger partial charge >= 0.3 is 6.16 Å². The fraction of sp³-hybridized carbons (Fsp3) is 0.933. The van der Waals surface area contributed by atoms with Gasteiger partial charge in [-0.25, -0.2) is 4.79 Å². The van der Waals surface area contributed by atoms with Crippen LogP contribution in [0, 0.1) is 0 Å². The lowest BCUT2D eigenvalue weighted by Gasteiger charge is -2.21. The molecule has 0 amide bonds. The van der Waals surface area contributed by atoms with Crippen LogP contribution in [-0.2, 0) is 9.47 Å². The summed E-state index contributed by atoms with van der Waals surface area (Å²) < 4.78 is 9.84. The zero-order chi connectivity index (χ0) is 13.1. The molecular formula is C15H28O3. The molecule has 0 saturated carbocycles. The number of carbonyl (C=O) groups is 1. The minimum absolute atomic E-state index is 0.107. The van der Waals surface area contributed by atoms with Crippen molar-refractivity contribution in [2.24, 2.45) is 0 Å². The molecule has 1 heterocycles. The molecule has 106 valence electrons. The van der Waals surface area contributed by atoms with Crippen molar-refractivity contribution in [1.29, 1.82) is 0 Å². The highest BCUT2D eigenvalue weighted by Gasteiger charge is 2.20. The van der Waals surface area contributed by atoms with E-state index in [0.717, 1.165) is 12.8 Å². The molecular weight excluding hydrogens is 228 g/mol. The molecule has 0 N–H and O–H groups in total. The third-order valence-corrected chi connectivity index (χ3v) is 3.55. The van der Waals surface area contributed by atoms with E-state index < -0.39 is 6.16 Å². The SMILES string of the molecule is CCCCCCCCCCCC1CCOC(=O)O1. The summed E-state index contributed by atoms with van der Waals surface area (Å²) in [5, 5.41) is 0. The predicted octanol–water partition coefficient (Wildman–Crippen LogP) is 4.83. The van der Waals surface area contributed by atoms with Crippen LogP contribution in [0.1, 0.15) is 77.6 Å². The first-order valence-electron chi connectivity index (χ1n) is 7.66. The minimum Gasteiger partial charge on any atom is -0.434 e. The van der Waals surface area contributed by atoms with Crippen LogP contribution in [0.25, 0.3) is 0 Å². The summed E-state index contributed by atoms with van der Waals surface area (Å²) >= 11 is 0. The summed E-state index contributed by atoms with van der Waals surface area (Å²) in [6, 6.07) is 0. The second-order valence-electron chi connectivity index (χ2n) is 5.24. The van der Waals surface area contributed by atoms with Gasteiger partial charge in [-0.2, -0.15) is 0 Å². The van der Waals surface area contributed by atoms with Gasteiger partial charge in [0.25, 0.3) is 0 Å². The predicted molar refractivity (Wildman–Crippen MR) is 72.7 cm³/mol. The zero-order valence-electron chi connectivity index (χ0n) is 11.8. The monoisotopic (exact) mass is 256 g/mol. The van der Waals surface area contributed by atoms with Crippen molar-refractivity contribution < 1.29 is 14.3 Å². The van der Waals surface area contributed by atoms with E-state index in [9.17, 15) is 4.79 Å². The fourth-order valence-electron chi connectivity index (χ4n) is 2.39. The standard InChI is InChI=1S/C15H28O3/c1-2-3-4-5-6-7-8-9-10-11-14-12-13-17-15(16)18-14/h14H,2-13H2,1H3. The van der Waals surface area contributed by atoms with Crippen LogP contribution in [0.5, 0.6) is 0 Å². The molecule has 3 heteroatoms. The van der Waals surface area contributed by atoms with Crippen LogP contribution in [-0.4, -0.2) is 18.9 Å². The van der Waals surface area contributed by atoms with Crippen molar-refractivity contribution >= 4 is 6.16 Å². The van der Waals surface area contributed by atoms with E-state index in [1.807, 2.05) is 0 Å². The van der Waals surface area contributed by atoms with Gasteiger partial charge in [0, 0.05) is 6.42 Å². The van der Waals surface area contributed by atoms with Crippen LogP contribution in [0.15, 0.2) is 0 Å². The molecule has 0 aliphatic carbocycles. The van der Waals surface area contributed by atoms with Crippen LogP contribution >= 0.6 is 0 Å². The molecule has 0 aromatic rings. The Labute approximate surface area is 111 Å². The number of rotatable bonds is 10. The van der Waals surface area contributed by atoms with Crippen molar-refractivity contribution in [3.8, 4) is 0 Å². The van der Waals surface area contributed by atoms with E-state index in [-0.39, 0.29) is 6.10 Å². The van der Waals surface area contributed by atoms with Crippen LogP contribution in [0.2, 0.25) is 0 Å². The second kappa shape index (κ2) is 10.2. The average Bonchev–Trinajstić information content (AvgIpc) is 2.37. The molecule has 0 radical (unpaired) electrons. The molecule has 18 heavy (non-hydrogen) atoms. The van der Waals surface area contributed by atoms with E-state index in [1.165, 1.54) is 57.8 Å².